The number of carbonyl (C=O) groups excluding carboxylic acids is 1. The van der Waals surface area contributed by atoms with Crippen LogP contribution in [0.1, 0.15) is 21.7 Å². The zero-order chi connectivity index (χ0) is 18.1. The Morgan fingerprint density at radius 1 is 1.08 bits per heavy atom. The highest BCUT2D eigenvalue weighted by atomic mass is 35.5. The van der Waals surface area contributed by atoms with E-state index in [1.54, 1.807) is 12.1 Å². The lowest BCUT2D eigenvalue weighted by Crippen LogP contribution is -2.46. The second kappa shape index (κ2) is 6.49. The van der Waals surface area contributed by atoms with E-state index < -0.39 is 11.6 Å². The van der Waals surface area contributed by atoms with Gasteiger partial charge in [0.1, 0.15) is 5.82 Å². The third-order valence-electron chi connectivity index (χ3n) is 3.80. The van der Waals surface area contributed by atoms with Crippen LogP contribution in [0.3, 0.4) is 0 Å². The SMILES string of the molecule is Cc1c(C(=O)C=Cc2c(F)cccc2Cl)[n+]([O-])c2ccccc2[n+]1[O-]. The normalized spacial score (nSPS) is 11.3. The van der Waals surface area contributed by atoms with E-state index in [2.05, 4.69) is 0 Å². The quantitative estimate of drug-likeness (QED) is 0.312. The molecule has 0 atom stereocenters. The van der Waals surface area contributed by atoms with Crippen molar-refractivity contribution in [3.8, 4) is 0 Å². The average molecular weight is 359 g/mol. The fraction of sp³-hybridized carbons (Fsp3) is 0.0556. The number of ketones is 1. The predicted molar refractivity (Wildman–Crippen MR) is 91.4 cm³/mol. The molecule has 1 aromatic heterocycles. The van der Waals surface area contributed by atoms with Crippen LogP contribution in [-0.2, 0) is 0 Å². The van der Waals surface area contributed by atoms with Crippen molar-refractivity contribution >= 4 is 34.5 Å². The summed E-state index contributed by atoms with van der Waals surface area (Å²) in [6.07, 6.45) is 2.21. The molecule has 0 amide bonds. The van der Waals surface area contributed by atoms with Gasteiger partial charge in [-0.15, -0.1) is 0 Å². The molecule has 25 heavy (non-hydrogen) atoms. The monoisotopic (exact) mass is 358 g/mol. The highest BCUT2D eigenvalue weighted by Gasteiger charge is 2.29. The number of benzene rings is 2. The standard InChI is InChI=1S/C18H12ClFN2O3/c1-11-18(22(25)16-8-3-2-7-15(16)21(11)24)17(23)10-9-12-13(19)5-4-6-14(12)20/h2-10H,1H3. The molecule has 0 bridgehead atoms. The van der Waals surface area contributed by atoms with E-state index >= 15 is 0 Å². The molecule has 0 aliphatic rings. The maximum atomic E-state index is 13.8. The van der Waals surface area contributed by atoms with E-state index in [9.17, 15) is 19.6 Å². The van der Waals surface area contributed by atoms with Gasteiger partial charge in [0.15, 0.2) is 0 Å². The van der Waals surface area contributed by atoms with Gasteiger partial charge in [-0.25, -0.2) is 4.39 Å². The Kier molecular flexibility index (Phi) is 4.37. The highest BCUT2D eigenvalue weighted by Crippen LogP contribution is 2.20. The van der Waals surface area contributed by atoms with Gasteiger partial charge >= 0.3 is 5.69 Å². The van der Waals surface area contributed by atoms with Crippen LogP contribution in [0, 0.1) is 23.2 Å². The van der Waals surface area contributed by atoms with Crippen LogP contribution in [0.5, 0.6) is 0 Å². The summed E-state index contributed by atoms with van der Waals surface area (Å²) in [4.78, 5) is 12.5. The summed E-state index contributed by atoms with van der Waals surface area (Å²) in [6.45, 7) is 1.38. The van der Waals surface area contributed by atoms with Crippen LogP contribution in [0.2, 0.25) is 5.02 Å². The van der Waals surface area contributed by atoms with E-state index in [4.69, 9.17) is 11.6 Å². The van der Waals surface area contributed by atoms with Crippen molar-refractivity contribution in [2.75, 3.05) is 0 Å². The minimum absolute atomic E-state index is 0.0309. The second-order valence-corrected chi connectivity index (χ2v) is 5.75. The van der Waals surface area contributed by atoms with Gasteiger partial charge in [-0.05, 0) is 24.3 Å². The molecule has 0 unspecified atom stereocenters. The summed E-state index contributed by atoms with van der Waals surface area (Å²) < 4.78 is 14.7. The zero-order valence-electron chi connectivity index (χ0n) is 13.1. The Labute approximate surface area is 147 Å². The number of carbonyl (C=O) groups is 1. The molecule has 7 heteroatoms. The molecular weight excluding hydrogens is 347 g/mol. The van der Waals surface area contributed by atoms with E-state index in [-0.39, 0.29) is 33.0 Å². The van der Waals surface area contributed by atoms with Crippen molar-refractivity contribution in [3.05, 3.63) is 86.7 Å². The molecule has 2 aromatic carbocycles. The van der Waals surface area contributed by atoms with Gasteiger partial charge < -0.3 is 10.4 Å². The topological polar surface area (TPSA) is 71.0 Å². The number of aromatic nitrogens is 2. The molecule has 0 aliphatic heterocycles. The van der Waals surface area contributed by atoms with Gasteiger partial charge in [-0.3, -0.25) is 4.79 Å². The molecule has 0 aliphatic carbocycles. The lowest BCUT2D eigenvalue weighted by atomic mass is 10.1. The first-order valence-electron chi connectivity index (χ1n) is 7.32. The second-order valence-electron chi connectivity index (χ2n) is 5.34. The van der Waals surface area contributed by atoms with Crippen LogP contribution < -0.4 is 9.46 Å². The molecule has 0 saturated heterocycles. The van der Waals surface area contributed by atoms with Crippen LogP contribution in [0.25, 0.3) is 17.1 Å². The lowest BCUT2D eigenvalue weighted by molar-refractivity contribution is -0.635. The highest BCUT2D eigenvalue weighted by molar-refractivity contribution is 6.32. The molecule has 0 spiro atoms. The number of halogens is 2. The molecule has 0 saturated carbocycles. The molecule has 126 valence electrons. The van der Waals surface area contributed by atoms with Crippen molar-refractivity contribution in [2.45, 2.75) is 6.92 Å². The van der Waals surface area contributed by atoms with Gasteiger partial charge in [0.05, 0.1) is 5.02 Å². The Morgan fingerprint density at radius 2 is 1.72 bits per heavy atom. The molecular formula is C18H12ClFN2O3. The van der Waals surface area contributed by atoms with Crippen molar-refractivity contribution in [2.24, 2.45) is 0 Å². The number of hydrogen-bond acceptors (Lipinski definition) is 3. The molecule has 0 N–H and O–H groups in total. The van der Waals surface area contributed by atoms with Crippen LogP contribution in [-0.4, -0.2) is 5.78 Å². The van der Waals surface area contributed by atoms with Gasteiger partial charge in [0.2, 0.25) is 0 Å². The van der Waals surface area contributed by atoms with E-state index in [1.165, 1.54) is 43.3 Å². The number of nitrogens with zero attached hydrogens (tertiary/aromatic N) is 2. The Balaban J connectivity index is 2.11. The van der Waals surface area contributed by atoms with Crippen molar-refractivity contribution in [3.63, 3.8) is 0 Å². The third kappa shape index (κ3) is 2.92. The van der Waals surface area contributed by atoms with Gasteiger partial charge in [-0.1, -0.05) is 29.8 Å². The molecule has 1 heterocycles. The average Bonchev–Trinajstić information content (AvgIpc) is 2.59. The van der Waals surface area contributed by atoms with Gasteiger partial charge in [-0.2, -0.15) is 9.46 Å². The first-order valence-corrected chi connectivity index (χ1v) is 7.70. The fourth-order valence-corrected chi connectivity index (χ4v) is 2.76. The number of hydrogen-bond donors (Lipinski definition) is 0. The number of allylic oxidation sites excluding steroid dienone is 1. The summed E-state index contributed by atoms with van der Waals surface area (Å²) >= 11 is 5.90. The fourth-order valence-electron chi connectivity index (χ4n) is 2.54. The molecule has 0 radical (unpaired) electrons. The predicted octanol–water partition coefficient (Wildman–Crippen LogP) is 3.10. The van der Waals surface area contributed by atoms with Crippen LogP contribution in [0.15, 0.2) is 48.5 Å². The smallest absolute Gasteiger partial charge is 0.333 e. The van der Waals surface area contributed by atoms with E-state index in [1.807, 2.05) is 0 Å². The first kappa shape index (κ1) is 16.9. The first-order chi connectivity index (χ1) is 11.9. The third-order valence-corrected chi connectivity index (χ3v) is 4.13. The maximum Gasteiger partial charge on any atom is 0.333 e. The van der Waals surface area contributed by atoms with Crippen LogP contribution in [0.4, 0.5) is 4.39 Å². The summed E-state index contributed by atoms with van der Waals surface area (Å²) in [5.74, 6) is -1.32. The molecule has 0 fully saturated rings. The van der Waals surface area contributed by atoms with Gasteiger partial charge in [0.25, 0.3) is 22.5 Å². The Hall–Kier alpha value is -2.99. The summed E-state index contributed by atoms with van der Waals surface area (Å²) in [6, 6.07) is 10.3. The van der Waals surface area contributed by atoms with Gasteiger partial charge in [0, 0.05) is 24.6 Å². The van der Waals surface area contributed by atoms with Crippen molar-refractivity contribution in [1.82, 2.24) is 0 Å². The molecule has 5 nitrogen and oxygen atoms in total. The van der Waals surface area contributed by atoms with Crippen molar-refractivity contribution < 1.29 is 18.6 Å². The lowest BCUT2D eigenvalue weighted by Gasteiger charge is -2.09. The van der Waals surface area contributed by atoms with Crippen LogP contribution >= 0.6 is 11.6 Å². The summed E-state index contributed by atoms with van der Waals surface area (Å²) in [5.41, 5.74) is -0.0970. The van der Waals surface area contributed by atoms with E-state index in [0.29, 0.717) is 9.46 Å². The Morgan fingerprint density at radius 3 is 2.36 bits per heavy atom. The minimum Gasteiger partial charge on any atom is -0.618 e. The molecule has 3 rings (SSSR count). The van der Waals surface area contributed by atoms with E-state index in [0.717, 1.165) is 6.08 Å². The summed E-state index contributed by atoms with van der Waals surface area (Å²) in [7, 11) is 0. The van der Waals surface area contributed by atoms with Crippen molar-refractivity contribution in [1.29, 1.82) is 0 Å². The number of para-hydroxylation sites is 2. The number of rotatable bonds is 3. The Bertz CT molecular complexity index is 1010. The summed E-state index contributed by atoms with van der Waals surface area (Å²) in [5, 5.41) is 24.9. The zero-order valence-corrected chi connectivity index (χ0v) is 13.8. The minimum atomic E-state index is -0.720. The maximum absolute atomic E-state index is 13.8. The molecule has 3 aromatic rings. The largest absolute Gasteiger partial charge is 0.618 e. The number of fused-ring (bicyclic) bond motifs is 1.